The van der Waals surface area contributed by atoms with Crippen LogP contribution in [0.25, 0.3) is 0 Å². The van der Waals surface area contributed by atoms with Gasteiger partial charge in [-0.15, -0.1) is 11.3 Å². The van der Waals surface area contributed by atoms with Crippen molar-refractivity contribution < 1.29 is 9.59 Å². The molecule has 1 heterocycles. The number of carbonyl (C=O) groups is 2. The van der Waals surface area contributed by atoms with Crippen LogP contribution < -0.4 is 16.4 Å². The van der Waals surface area contributed by atoms with Crippen LogP contribution in [-0.2, 0) is 12.8 Å². The maximum Gasteiger partial charge on any atom is 0.257 e. The number of amides is 2. The second-order valence-electron chi connectivity index (χ2n) is 7.13. The van der Waals surface area contributed by atoms with E-state index < -0.39 is 5.91 Å². The molecule has 0 saturated heterocycles. The second kappa shape index (κ2) is 7.78. The van der Waals surface area contributed by atoms with Crippen LogP contribution in [0, 0.1) is 19.8 Å². The lowest BCUT2D eigenvalue weighted by molar-refractivity contribution is 0.0975. The van der Waals surface area contributed by atoms with Crippen molar-refractivity contribution in [3.63, 3.8) is 0 Å². The van der Waals surface area contributed by atoms with Gasteiger partial charge < -0.3 is 11.1 Å². The Kier molecular flexibility index (Phi) is 5.62. The zero-order valence-corrected chi connectivity index (χ0v) is 17.3. The third-order valence-electron chi connectivity index (χ3n) is 4.98. The summed E-state index contributed by atoms with van der Waals surface area (Å²) >= 11 is 6.79. The molecule has 2 amide bonds. The zero-order chi connectivity index (χ0) is 19.7. The Morgan fingerprint density at radius 3 is 2.67 bits per heavy atom. The number of carbonyl (C=O) groups excluding carboxylic acids is 2. The number of hydrogen-bond donors (Lipinski definition) is 3. The van der Waals surface area contributed by atoms with Gasteiger partial charge in [-0.05, 0) is 80.1 Å². The first kappa shape index (κ1) is 19.5. The van der Waals surface area contributed by atoms with Gasteiger partial charge in [0, 0.05) is 10.4 Å². The average Bonchev–Trinajstić information content (AvgIpc) is 2.93. The quantitative estimate of drug-likeness (QED) is 0.685. The highest BCUT2D eigenvalue weighted by molar-refractivity contribution is 7.80. The number of benzene rings is 1. The molecule has 5 nitrogen and oxygen atoms in total. The Bertz CT molecular complexity index is 934. The van der Waals surface area contributed by atoms with Crippen molar-refractivity contribution in [2.75, 3.05) is 5.32 Å². The lowest BCUT2D eigenvalue weighted by atomic mass is 9.88. The Morgan fingerprint density at radius 1 is 1.26 bits per heavy atom. The maximum atomic E-state index is 12.4. The second-order valence-corrected chi connectivity index (χ2v) is 8.64. The molecular formula is C20H23N3O2S2. The third kappa shape index (κ3) is 4.20. The molecule has 1 aliphatic carbocycles. The molecule has 0 aliphatic heterocycles. The zero-order valence-electron chi connectivity index (χ0n) is 15.6. The van der Waals surface area contributed by atoms with Crippen LogP contribution in [0.3, 0.4) is 0 Å². The van der Waals surface area contributed by atoms with E-state index in [0.29, 0.717) is 22.0 Å². The molecule has 1 aromatic heterocycles. The van der Waals surface area contributed by atoms with Crippen molar-refractivity contribution in [1.29, 1.82) is 0 Å². The molecule has 0 saturated carbocycles. The molecule has 27 heavy (non-hydrogen) atoms. The van der Waals surface area contributed by atoms with Gasteiger partial charge in [0.2, 0.25) is 0 Å². The minimum atomic E-state index is -0.465. The molecule has 0 spiro atoms. The summed E-state index contributed by atoms with van der Waals surface area (Å²) in [5, 5.41) is 6.47. The fraction of sp³-hybridized carbons (Fsp3) is 0.350. The number of nitrogens with two attached hydrogens (primary N) is 1. The molecule has 0 unspecified atom stereocenters. The molecule has 142 valence electrons. The summed E-state index contributed by atoms with van der Waals surface area (Å²) < 4.78 is 0. The molecule has 7 heteroatoms. The Morgan fingerprint density at radius 2 is 2.00 bits per heavy atom. The number of nitrogens with one attached hydrogen (secondary N) is 2. The van der Waals surface area contributed by atoms with Gasteiger partial charge in [-0.2, -0.15) is 0 Å². The van der Waals surface area contributed by atoms with E-state index in [1.165, 1.54) is 16.2 Å². The van der Waals surface area contributed by atoms with E-state index in [1.807, 2.05) is 26.0 Å². The van der Waals surface area contributed by atoms with Crippen molar-refractivity contribution in [3.8, 4) is 0 Å². The summed E-state index contributed by atoms with van der Waals surface area (Å²) in [5.41, 5.74) is 9.84. The standard InChI is InChI=1S/C20H23N3O2S2/c1-10-4-7-14-15(8-10)27-19(16(14)17(21)24)23-20(26)22-18(25)13-6-5-11(2)12(3)9-13/h5-6,9-10H,4,7-8H2,1-3H3,(H2,21,24)(H2,22,23,25,26)/t10-/m1/s1. The lowest BCUT2D eigenvalue weighted by Crippen LogP contribution is -2.34. The highest BCUT2D eigenvalue weighted by Crippen LogP contribution is 2.39. The van der Waals surface area contributed by atoms with Crippen molar-refractivity contribution in [2.24, 2.45) is 11.7 Å². The van der Waals surface area contributed by atoms with Crippen molar-refractivity contribution in [2.45, 2.75) is 40.0 Å². The molecule has 3 rings (SSSR count). The van der Waals surface area contributed by atoms with Crippen LogP contribution in [-0.4, -0.2) is 16.9 Å². The fourth-order valence-electron chi connectivity index (χ4n) is 3.29. The average molecular weight is 402 g/mol. The maximum absolute atomic E-state index is 12.4. The molecule has 2 aromatic rings. The molecule has 1 aromatic carbocycles. The van der Waals surface area contributed by atoms with Gasteiger partial charge in [-0.1, -0.05) is 13.0 Å². The Labute approximate surface area is 168 Å². The molecular weight excluding hydrogens is 378 g/mol. The van der Waals surface area contributed by atoms with Gasteiger partial charge in [-0.3, -0.25) is 14.9 Å². The fourth-order valence-corrected chi connectivity index (χ4v) is 4.97. The van der Waals surface area contributed by atoms with Gasteiger partial charge in [-0.25, -0.2) is 0 Å². The summed E-state index contributed by atoms with van der Waals surface area (Å²) in [5.74, 6) is -0.167. The normalized spacial score (nSPS) is 15.7. The minimum absolute atomic E-state index is 0.160. The lowest BCUT2D eigenvalue weighted by Gasteiger charge is -2.18. The van der Waals surface area contributed by atoms with Crippen molar-refractivity contribution in [1.82, 2.24) is 5.32 Å². The minimum Gasteiger partial charge on any atom is -0.365 e. The van der Waals surface area contributed by atoms with Gasteiger partial charge in [0.15, 0.2) is 5.11 Å². The predicted molar refractivity (Wildman–Crippen MR) is 114 cm³/mol. The van der Waals surface area contributed by atoms with Gasteiger partial charge in [0.25, 0.3) is 11.8 Å². The van der Waals surface area contributed by atoms with Crippen LogP contribution in [0.1, 0.15) is 55.6 Å². The number of thiophene rings is 1. The Hall–Kier alpha value is -2.25. The summed E-state index contributed by atoms with van der Waals surface area (Å²) in [6.07, 6.45) is 2.82. The molecule has 0 fully saturated rings. The van der Waals surface area contributed by atoms with E-state index in [0.717, 1.165) is 36.0 Å². The Balaban J connectivity index is 1.77. The summed E-state index contributed by atoms with van der Waals surface area (Å²) in [4.78, 5) is 25.6. The first-order valence-corrected chi connectivity index (χ1v) is 10.1. The number of primary amides is 1. The van der Waals surface area contributed by atoms with Gasteiger partial charge in [0.05, 0.1) is 5.56 Å². The number of rotatable bonds is 3. The van der Waals surface area contributed by atoms with E-state index in [1.54, 1.807) is 6.07 Å². The molecule has 1 atom stereocenters. The predicted octanol–water partition coefficient (Wildman–Crippen LogP) is 3.72. The first-order chi connectivity index (χ1) is 12.8. The van der Waals surface area contributed by atoms with Gasteiger partial charge in [0.1, 0.15) is 5.00 Å². The van der Waals surface area contributed by atoms with Crippen LogP contribution in [0.4, 0.5) is 5.00 Å². The van der Waals surface area contributed by atoms with E-state index in [4.69, 9.17) is 18.0 Å². The number of fused-ring (bicyclic) bond motifs is 1. The highest BCUT2D eigenvalue weighted by atomic mass is 32.1. The van der Waals surface area contributed by atoms with E-state index >= 15 is 0 Å². The topological polar surface area (TPSA) is 84.2 Å². The largest absolute Gasteiger partial charge is 0.365 e. The van der Waals surface area contributed by atoms with Gasteiger partial charge >= 0.3 is 0 Å². The van der Waals surface area contributed by atoms with E-state index in [2.05, 4.69) is 17.6 Å². The summed E-state index contributed by atoms with van der Waals surface area (Å²) in [6, 6.07) is 5.49. The molecule has 0 radical (unpaired) electrons. The third-order valence-corrected chi connectivity index (χ3v) is 6.36. The number of aryl methyl sites for hydroxylation is 2. The van der Waals surface area contributed by atoms with Crippen molar-refractivity contribution >= 4 is 45.5 Å². The molecule has 0 bridgehead atoms. The molecule has 4 N–H and O–H groups in total. The van der Waals surface area contributed by atoms with Crippen LogP contribution in [0.5, 0.6) is 0 Å². The van der Waals surface area contributed by atoms with Crippen LogP contribution in [0.2, 0.25) is 0 Å². The van der Waals surface area contributed by atoms with Crippen LogP contribution >= 0.6 is 23.6 Å². The number of anilines is 1. The summed E-state index contributed by atoms with van der Waals surface area (Å²) in [6.45, 7) is 6.15. The van der Waals surface area contributed by atoms with E-state index in [9.17, 15) is 9.59 Å². The highest BCUT2D eigenvalue weighted by Gasteiger charge is 2.27. The number of thiocarbonyl (C=S) groups is 1. The monoisotopic (exact) mass is 401 g/mol. The smallest absolute Gasteiger partial charge is 0.257 e. The summed E-state index contributed by atoms with van der Waals surface area (Å²) in [7, 11) is 0. The number of hydrogen-bond acceptors (Lipinski definition) is 4. The van der Waals surface area contributed by atoms with E-state index in [-0.39, 0.29) is 11.0 Å². The molecule has 1 aliphatic rings. The van der Waals surface area contributed by atoms with Crippen LogP contribution in [0.15, 0.2) is 18.2 Å². The van der Waals surface area contributed by atoms with Crippen molar-refractivity contribution in [3.05, 3.63) is 50.9 Å². The SMILES string of the molecule is Cc1ccc(C(=O)NC(=S)Nc2sc3c(c2C(N)=O)CC[C@@H](C)C3)cc1C. The first-order valence-electron chi connectivity index (χ1n) is 8.90.